The lowest BCUT2D eigenvalue weighted by molar-refractivity contribution is -0.384. The molecule has 3 heterocycles. The molecular weight excluding hydrogens is 554 g/mol. The lowest BCUT2D eigenvalue weighted by Gasteiger charge is -2.33. The van der Waals surface area contributed by atoms with Crippen LogP contribution in [0.3, 0.4) is 0 Å². The van der Waals surface area contributed by atoms with Gasteiger partial charge in [0.2, 0.25) is 0 Å². The number of anilines is 3. The predicted molar refractivity (Wildman–Crippen MR) is 173 cm³/mol. The standard InChI is InChI=1S/C36H19N3O5/c40-35-24-8-5-9-25-34(24)38(28-15-14-23(39(42)43)17-26(28)35)30-19-33-31(18-27(30)36(25)41)37(29-10-3-4-11-32(29)44-33)22-13-12-20-6-1-2-7-21(20)16-22/h1-19H. The van der Waals surface area contributed by atoms with Gasteiger partial charge in [-0.15, -0.1) is 0 Å². The fourth-order valence-corrected chi connectivity index (χ4v) is 6.58. The maximum Gasteiger partial charge on any atom is 0.270 e. The first-order chi connectivity index (χ1) is 21.5. The summed E-state index contributed by atoms with van der Waals surface area (Å²) in [5, 5.41) is 15.1. The lowest BCUT2D eigenvalue weighted by Crippen LogP contribution is -2.18. The Morgan fingerprint density at radius 3 is 2.11 bits per heavy atom. The summed E-state index contributed by atoms with van der Waals surface area (Å²) < 4.78 is 8.32. The minimum atomic E-state index is -0.518. The van der Waals surface area contributed by atoms with Crippen molar-refractivity contribution in [2.75, 3.05) is 4.90 Å². The molecule has 0 atom stereocenters. The van der Waals surface area contributed by atoms with Crippen molar-refractivity contribution in [3.8, 4) is 11.5 Å². The number of pyridine rings is 2. The van der Waals surface area contributed by atoms with E-state index in [1.54, 1.807) is 24.3 Å². The summed E-state index contributed by atoms with van der Waals surface area (Å²) >= 11 is 0. The molecular formula is C36H19N3O5. The zero-order valence-corrected chi connectivity index (χ0v) is 22.9. The summed E-state index contributed by atoms with van der Waals surface area (Å²) in [7, 11) is 0. The van der Waals surface area contributed by atoms with Gasteiger partial charge in [0.25, 0.3) is 5.69 Å². The Morgan fingerprint density at radius 2 is 1.32 bits per heavy atom. The minimum absolute atomic E-state index is 0.179. The lowest BCUT2D eigenvalue weighted by atomic mass is 10.0. The molecule has 1 aliphatic rings. The van der Waals surface area contributed by atoms with Crippen molar-refractivity contribution in [1.82, 2.24) is 4.40 Å². The van der Waals surface area contributed by atoms with Gasteiger partial charge in [0.05, 0.1) is 38.2 Å². The van der Waals surface area contributed by atoms with E-state index in [-0.39, 0.29) is 21.9 Å². The van der Waals surface area contributed by atoms with Crippen molar-refractivity contribution in [3.05, 3.63) is 146 Å². The topological polar surface area (TPSA) is 94.2 Å². The van der Waals surface area contributed by atoms with Crippen LogP contribution in [-0.2, 0) is 0 Å². The van der Waals surface area contributed by atoms with Gasteiger partial charge in [0, 0.05) is 40.0 Å². The number of para-hydroxylation sites is 3. The molecule has 8 heteroatoms. The molecule has 0 amide bonds. The third-order valence-corrected chi connectivity index (χ3v) is 8.55. The van der Waals surface area contributed by atoms with Crippen LogP contribution >= 0.6 is 0 Å². The molecule has 1 aliphatic heterocycles. The second-order valence-electron chi connectivity index (χ2n) is 10.9. The number of nitro benzene ring substituents is 1. The van der Waals surface area contributed by atoms with E-state index in [1.165, 1.54) is 12.1 Å². The third-order valence-electron chi connectivity index (χ3n) is 8.55. The van der Waals surface area contributed by atoms with Gasteiger partial charge in [-0.2, -0.15) is 0 Å². The van der Waals surface area contributed by atoms with Crippen LogP contribution in [0.5, 0.6) is 11.5 Å². The largest absolute Gasteiger partial charge is 0.453 e. The average Bonchev–Trinajstić information content (AvgIpc) is 3.05. The Kier molecular flexibility index (Phi) is 4.77. The Balaban J connectivity index is 1.42. The summed E-state index contributed by atoms with van der Waals surface area (Å²) in [4.78, 5) is 41.0. The fourth-order valence-electron chi connectivity index (χ4n) is 6.58. The molecule has 0 fully saturated rings. The van der Waals surface area contributed by atoms with Crippen LogP contribution in [-0.4, -0.2) is 9.32 Å². The van der Waals surface area contributed by atoms with Crippen molar-refractivity contribution in [3.63, 3.8) is 0 Å². The summed E-state index contributed by atoms with van der Waals surface area (Å²) in [5.41, 5.74) is 3.16. The van der Waals surface area contributed by atoms with Gasteiger partial charge in [-0.25, -0.2) is 0 Å². The number of non-ortho nitro benzene ring substituents is 1. The van der Waals surface area contributed by atoms with Gasteiger partial charge in [0.15, 0.2) is 22.4 Å². The molecule has 9 rings (SSSR count). The molecule has 6 aromatic carbocycles. The number of nitrogens with zero attached hydrogens (tertiary/aromatic N) is 3. The van der Waals surface area contributed by atoms with E-state index in [0.717, 1.165) is 22.1 Å². The van der Waals surface area contributed by atoms with Crippen LogP contribution in [0.1, 0.15) is 0 Å². The van der Waals surface area contributed by atoms with E-state index in [1.807, 2.05) is 52.9 Å². The normalized spacial score (nSPS) is 12.6. The molecule has 0 bridgehead atoms. The van der Waals surface area contributed by atoms with Gasteiger partial charge in [-0.3, -0.25) is 19.7 Å². The van der Waals surface area contributed by atoms with Crippen LogP contribution in [0.15, 0.2) is 125 Å². The summed E-state index contributed by atoms with van der Waals surface area (Å²) in [6.45, 7) is 0. The monoisotopic (exact) mass is 573 g/mol. The third kappa shape index (κ3) is 3.22. The van der Waals surface area contributed by atoms with Gasteiger partial charge < -0.3 is 14.0 Å². The molecule has 0 N–H and O–H groups in total. The van der Waals surface area contributed by atoms with Crippen LogP contribution in [0.2, 0.25) is 0 Å². The number of hydrogen-bond donors (Lipinski definition) is 0. The van der Waals surface area contributed by atoms with Crippen LogP contribution in [0.4, 0.5) is 22.7 Å². The molecule has 8 aromatic rings. The zero-order chi connectivity index (χ0) is 29.7. The Labute approximate surface area is 247 Å². The van der Waals surface area contributed by atoms with Gasteiger partial charge >= 0.3 is 0 Å². The number of fused-ring (bicyclic) bond motifs is 7. The van der Waals surface area contributed by atoms with E-state index < -0.39 is 4.92 Å². The van der Waals surface area contributed by atoms with E-state index >= 15 is 0 Å². The van der Waals surface area contributed by atoms with Gasteiger partial charge in [-0.1, -0.05) is 48.5 Å². The number of ether oxygens (including phenoxy) is 1. The molecule has 0 aliphatic carbocycles. The molecule has 0 unspecified atom stereocenters. The number of aromatic nitrogens is 1. The van der Waals surface area contributed by atoms with Crippen molar-refractivity contribution in [2.24, 2.45) is 0 Å². The number of rotatable bonds is 2. The highest BCUT2D eigenvalue weighted by Gasteiger charge is 2.28. The fraction of sp³-hybridized carbons (Fsp3) is 0. The maximum atomic E-state index is 14.2. The first-order valence-corrected chi connectivity index (χ1v) is 14.0. The van der Waals surface area contributed by atoms with Crippen molar-refractivity contribution in [1.29, 1.82) is 0 Å². The predicted octanol–water partition coefficient (Wildman–Crippen LogP) is 8.19. The first-order valence-electron chi connectivity index (χ1n) is 14.0. The Morgan fingerprint density at radius 1 is 0.591 bits per heavy atom. The van der Waals surface area contributed by atoms with Gasteiger partial charge in [-0.05, 0) is 59.3 Å². The average molecular weight is 574 g/mol. The van der Waals surface area contributed by atoms with Crippen LogP contribution in [0, 0.1) is 10.1 Å². The number of nitro groups is 1. The highest BCUT2D eigenvalue weighted by molar-refractivity contribution is 6.09. The second kappa shape index (κ2) is 8.62. The highest BCUT2D eigenvalue weighted by Crippen LogP contribution is 2.51. The van der Waals surface area contributed by atoms with Crippen molar-refractivity contribution in [2.45, 2.75) is 0 Å². The summed E-state index contributed by atoms with van der Waals surface area (Å²) in [6, 6.07) is 35.1. The Hall–Kier alpha value is -6.28. The minimum Gasteiger partial charge on any atom is -0.453 e. The molecule has 8 nitrogen and oxygen atoms in total. The van der Waals surface area contributed by atoms with Crippen LogP contribution < -0.4 is 20.5 Å². The highest BCUT2D eigenvalue weighted by atomic mass is 16.6. The zero-order valence-electron chi connectivity index (χ0n) is 22.9. The summed E-state index contributed by atoms with van der Waals surface area (Å²) in [6.07, 6.45) is 0. The number of hydrogen-bond acceptors (Lipinski definition) is 6. The number of benzene rings is 6. The van der Waals surface area contributed by atoms with E-state index in [0.29, 0.717) is 49.9 Å². The molecule has 0 radical (unpaired) electrons. The second-order valence-corrected chi connectivity index (χ2v) is 10.9. The molecule has 208 valence electrons. The maximum absolute atomic E-state index is 14.2. The van der Waals surface area contributed by atoms with Crippen molar-refractivity contribution >= 4 is 71.6 Å². The molecule has 0 saturated carbocycles. The smallest absolute Gasteiger partial charge is 0.270 e. The van der Waals surface area contributed by atoms with Crippen LogP contribution in [0.25, 0.3) is 48.9 Å². The first kappa shape index (κ1) is 24.3. The van der Waals surface area contributed by atoms with E-state index in [9.17, 15) is 19.7 Å². The SMILES string of the molecule is O=c1c2cc([N+](=O)[O-])ccc2n2c3cc4c(cc3c(=O)c3cccc1c32)N(c1ccc2ccccc2c1)c1ccccc1O4. The molecule has 2 aromatic heterocycles. The molecule has 44 heavy (non-hydrogen) atoms. The Bertz CT molecular complexity index is 2680. The van der Waals surface area contributed by atoms with Gasteiger partial charge in [0.1, 0.15) is 0 Å². The summed E-state index contributed by atoms with van der Waals surface area (Å²) in [5.74, 6) is 1.19. The van der Waals surface area contributed by atoms with E-state index in [4.69, 9.17) is 4.74 Å². The quantitative estimate of drug-likeness (QED) is 0.0896. The molecule has 0 spiro atoms. The van der Waals surface area contributed by atoms with E-state index in [2.05, 4.69) is 35.2 Å². The molecule has 0 saturated heterocycles. The van der Waals surface area contributed by atoms with Crippen molar-refractivity contribution < 1.29 is 9.66 Å².